The molecule has 0 bridgehead atoms. The summed E-state index contributed by atoms with van der Waals surface area (Å²) in [7, 11) is 1.86. The van der Waals surface area contributed by atoms with Crippen LogP contribution in [0.25, 0.3) is 0 Å². The molecule has 0 radical (unpaired) electrons. The van der Waals surface area contributed by atoms with Gasteiger partial charge in [-0.25, -0.2) is 0 Å². The van der Waals surface area contributed by atoms with Crippen LogP contribution in [0.4, 0.5) is 0 Å². The van der Waals surface area contributed by atoms with Crippen molar-refractivity contribution in [1.29, 1.82) is 0 Å². The Balaban J connectivity index is 1.54. The summed E-state index contributed by atoms with van der Waals surface area (Å²) in [6.45, 7) is 6.04. The van der Waals surface area contributed by atoms with Gasteiger partial charge in [0.2, 0.25) is 5.91 Å². The third-order valence-electron chi connectivity index (χ3n) is 5.67. The molecule has 3 rings (SSSR count). The molecule has 3 atom stereocenters. The Morgan fingerprint density at radius 1 is 1.27 bits per heavy atom. The molecule has 162 valence electrons. The highest BCUT2D eigenvalue weighted by atomic mass is 32.2. The van der Waals surface area contributed by atoms with E-state index in [4.69, 9.17) is 0 Å². The summed E-state index contributed by atoms with van der Waals surface area (Å²) in [6.07, 6.45) is 4.67. The van der Waals surface area contributed by atoms with Gasteiger partial charge in [0.1, 0.15) is 0 Å². The highest BCUT2D eigenvalue weighted by Crippen LogP contribution is 2.24. The average molecular weight is 430 g/mol. The minimum atomic E-state index is -0.304. The van der Waals surface area contributed by atoms with Gasteiger partial charge in [-0.05, 0) is 44.7 Å². The van der Waals surface area contributed by atoms with Gasteiger partial charge in [-0.2, -0.15) is 0 Å². The van der Waals surface area contributed by atoms with Crippen molar-refractivity contribution in [3.8, 4) is 0 Å². The van der Waals surface area contributed by atoms with E-state index in [1.54, 1.807) is 6.07 Å². The fourth-order valence-electron chi connectivity index (χ4n) is 3.87. The van der Waals surface area contributed by atoms with E-state index in [0.717, 1.165) is 12.0 Å². The second-order valence-corrected chi connectivity index (χ2v) is 9.13. The standard InChI is InChI=1S/C22H31N5O2S/c1-14-8-7-10-17(12-14)21(29)23-16(3)20-25-26-22(27(20)4)30-13-19(28)24-18-11-6-5-9-15(18)2/h7-8,10,12,15-16,18H,5-6,9,11,13H2,1-4H3,(H,23,29)(H,24,28)/t15-,16-,18-/m1/s1. The Hall–Kier alpha value is -2.35. The van der Waals surface area contributed by atoms with Gasteiger partial charge in [0.15, 0.2) is 11.0 Å². The van der Waals surface area contributed by atoms with Crippen molar-refractivity contribution in [1.82, 2.24) is 25.4 Å². The number of thioether (sulfide) groups is 1. The molecule has 0 aliphatic heterocycles. The smallest absolute Gasteiger partial charge is 0.251 e. The Morgan fingerprint density at radius 3 is 2.77 bits per heavy atom. The summed E-state index contributed by atoms with van der Waals surface area (Å²) in [5, 5.41) is 15.2. The number of amides is 2. The SMILES string of the molecule is Cc1cccc(C(=O)N[C@H](C)c2nnc(SCC(=O)N[C@@H]3CCCC[C@H]3C)n2C)c1. The van der Waals surface area contributed by atoms with Gasteiger partial charge in [-0.15, -0.1) is 10.2 Å². The molecule has 2 N–H and O–H groups in total. The zero-order valence-corrected chi connectivity index (χ0v) is 19.0. The fourth-order valence-corrected chi connectivity index (χ4v) is 4.60. The van der Waals surface area contributed by atoms with E-state index in [9.17, 15) is 9.59 Å². The lowest BCUT2D eigenvalue weighted by molar-refractivity contribution is -0.119. The molecule has 1 aliphatic rings. The lowest BCUT2D eigenvalue weighted by Gasteiger charge is -2.29. The number of hydrogen-bond donors (Lipinski definition) is 2. The minimum Gasteiger partial charge on any atom is -0.352 e. The van der Waals surface area contributed by atoms with Gasteiger partial charge in [-0.1, -0.05) is 49.2 Å². The monoisotopic (exact) mass is 429 g/mol. The summed E-state index contributed by atoms with van der Waals surface area (Å²) in [6, 6.07) is 7.44. The van der Waals surface area contributed by atoms with Crippen LogP contribution >= 0.6 is 11.8 Å². The summed E-state index contributed by atoms with van der Waals surface area (Å²) >= 11 is 1.37. The zero-order chi connectivity index (χ0) is 21.7. The maximum absolute atomic E-state index is 12.5. The number of nitrogens with one attached hydrogen (secondary N) is 2. The van der Waals surface area contributed by atoms with E-state index in [1.165, 1.54) is 31.0 Å². The number of nitrogens with zero attached hydrogens (tertiary/aromatic N) is 3. The quantitative estimate of drug-likeness (QED) is 0.659. The summed E-state index contributed by atoms with van der Waals surface area (Å²) in [4.78, 5) is 24.9. The molecule has 1 saturated carbocycles. The minimum absolute atomic E-state index is 0.0316. The van der Waals surface area contributed by atoms with Crippen molar-refractivity contribution in [2.75, 3.05) is 5.75 Å². The highest BCUT2D eigenvalue weighted by Gasteiger charge is 2.23. The van der Waals surface area contributed by atoms with E-state index < -0.39 is 0 Å². The summed E-state index contributed by atoms with van der Waals surface area (Å²) < 4.78 is 1.84. The largest absolute Gasteiger partial charge is 0.352 e. The topological polar surface area (TPSA) is 88.9 Å². The second kappa shape index (κ2) is 10.1. The zero-order valence-electron chi connectivity index (χ0n) is 18.1. The predicted octanol–water partition coefficient (Wildman–Crippen LogP) is 3.40. The van der Waals surface area contributed by atoms with Crippen LogP contribution in [0.2, 0.25) is 0 Å². The van der Waals surface area contributed by atoms with Crippen molar-refractivity contribution in [3.63, 3.8) is 0 Å². The van der Waals surface area contributed by atoms with Crippen LogP contribution < -0.4 is 10.6 Å². The molecular formula is C22H31N5O2S. The molecule has 1 aromatic carbocycles. The molecule has 1 heterocycles. The van der Waals surface area contributed by atoms with Gasteiger partial charge >= 0.3 is 0 Å². The summed E-state index contributed by atoms with van der Waals surface area (Å²) in [5.41, 5.74) is 1.65. The molecule has 8 heteroatoms. The fraction of sp³-hybridized carbons (Fsp3) is 0.545. The van der Waals surface area contributed by atoms with E-state index in [1.807, 2.05) is 43.7 Å². The number of carbonyl (C=O) groups excluding carboxylic acids is 2. The number of aromatic nitrogens is 3. The van der Waals surface area contributed by atoms with E-state index in [2.05, 4.69) is 27.8 Å². The molecule has 1 aromatic heterocycles. The maximum atomic E-state index is 12.5. The first-order valence-corrected chi connectivity index (χ1v) is 11.5. The molecule has 30 heavy (non-hydrogen) atoms. The van der Waals surface area contributed by atoms with Gasteiger partial charge in [0.05, 0.1) is 11.8 Å². The highest BCUT2D eigenvalue weighted by molar-refractivity contribution is 7.99. The van der Waals surface area contributed by atoms with Crippen molar-refractivity contribution in [3.05, 3.63) is 41.2 Å². The third kappa shape index (κ3) is 5.62. The van der Waals surface area contributed by atoms with Crippen molar-refractivity contribution in [2.24, 2.45) is 13.0 Å². The van der Waals surface area contributed by atoms with E-state index in [0.29, 0.717) is 28.2 Å². The van der Waals surface area contributed by atoms with Crippen LogP contribution in [0.3, 0.4) is 0 Å². The molecule has 7 nitrogen and oxygen atoms in total. The first-order valence-electron chi connectivity index (χ1n) is 10.5. The van der Waals surface area contributed by atoms with Crippen LogP contribution in [0.5, 0.6) is 0 Å². The Bertz CT molecular complexity index is 897. The van der Waals surface area contributed by atoms with E-state index in [-0.39, 0.29) is 23.9 Å². The third-order valence-corrected chi connectivity index (χ3v) is 6.69. The molecular weight excluding hydrogens is 398 g/mol. The van der Waals surface area contributed by atoms with Crippen LogP contribution in [-0.4, -0.2) is 38.4 Å². The first kappa shape index (κ1) is 22.3. The number of rotatable bonds is 7. The molecule has 1 fully saturated rings. The van der Waals surface area contributed by atoms with Gasteiger partial charge < -0.3 is 15.2 Å². The van der Waals surface area contributed by atoms with Crippen molar-refractivity contribution < 1.29 is 9.59 Å². The number of benzene rings is 1. The maximum Gasteiger partial charge on any atom is 0.251 e. The van der Waals surface area contributed by atoms with Crippen LogP contribution in [0.1, 0.15) is 67.3 Å². The van der Waals surface area contributed by atoms with E-state index >= 15 is 0 Å². The number of hydrogen-bond acceptors (Lipinski definition) is 5. The van der Waals surface area contributed by atoms with Gasteiger partial charge in [0.25, 0.3) is 5.91 Å². The molecule has 0 saturated heterocycles. The number of carbonyl (C=O) groups is 2. The average Bonchev–Trinajstić information content (AvgIpc) is 3.08. The van der Waals surface area contributed by atoms with Crippen LogP contribution in [-0.2, 0) is 11.8 Å². The lowest BCUT2D eigenvalue weighted by atomic mass is 9.86. The van der Waals surface area contributed by atoms with Gasteiger partial charge in [0, 0.05) is 18.7 Å². The molecule has 0 spiro atoms. The Morgan fingerprint density at radius 2 is 2.03 bits per heavy atom. The first-order chi connectivity index (χ1) is 14.3. The molecule has 0 unspecified atom stereocenters. The Kier molecular flexibility index (Phi) is 7.53. The Labute approximate surface area is 182 Å². The lowest BCUT2D eigenvalue weighted by Crippen LogP contribution is -2.41. The molecule has 2 amide bonds. The molecule has 1 aliphatic carbocycles. The summed E-state index contributed by atoms with van der Waals surface area (Å²) in [5.74, 6) is 1.37. The predicted molar refractivity (Wildman–Crippen MR) is 118 cm³/mol. The second-order valence-electron chi connectivity index (χ2n) is 8.19. The van der Waals surface area contributed by atoms with Crippen molar-refractivity contribution in [2.45, 2.75) is 63.7 Å². The van der Waals surface area contributed by atoms with Crippen molar-refractivity contribution >= 4 is 23.6 Å². The number of aryl methyl sites for hydroxylation is 1. The normalized spacial score (nSPS) is 19.9. The molecule has 2 aromatic rings. The van der Waals surface area contributed by atoms with Crippen LogP contribution in [0.15, 0.2) is 29.4 Å². The van der Waals surface area contributed by atoms with Crippen LogP contribution in [0, 0.1) is 12.8 Å². The van der Waals surface area contributed by atoms with Gasteiger partial charge in [-0.3, -0.25) is 9.59 Å².